The van der Waals surface area contributed by atoms with Gasteiger partial charge in [-0.3, -0.25) is 4.79 Å². The van der Waals surface area contributed by atoms with Crippen LogP contribution in [-0.4, -0.2) is 30.5 Å². The maximum Gasteiger partial charge on any atom is 0.407 e. The number of pyridine rings is 1. The first-order valence-electron chi connectivity index (χ1n) is 10.0. The normalized spacial score (nSPS) is 12.4. The van der Waals surface area contributed by atoms with Gasteiger partial charge in [0.05, 0.1) is 5.56 Å². The Morgan fingerprint density at radius 2 is 1.74 bits per heavy atom. The van der Waals surface area contributed by atoms with Crippen molar-refractivity contribution >= 4 is 18.5 Å². The van der Waals surface area contributed by atoms with Gasteiger partial charge in [-0.05, 0) is 40.3 Å². The number of halogens is 1. The molecule has 0 radical (unpaired) electrons. The molecule has 1 aromatic heterocycles. The summed E-state index contributed by atoms with van der Waals surface area (Å²) in [6, 6.07) is 17.9. The summed E-state index contributed by atoms with van der Waals surface area (Å²) in [5.41, 5.74) is 5.05. The number of rotatable bonds is 7. The summed E-state index contributed by atoms with van der Waals surface area (Å²) < 4.78 is 19.0. The summed E-state index contributed by atoms with van der Waals surface area (Å²) in [7, 11) is 0. The van der Waals surface area contributed by atoms with Gasteiger partial charge in [0, 0.05) is 18.7 Å². The molecule has 4 rings (SSSR count). The van der Waals surface area contributed by atoms with Gasteiger partial charge in [0.15, 0.2) is 6.29 Å². The maximum atomic E-state index is 13.5. The van der Waals surface area contributed by atoms with Gasteiger partial charge >= 0.3 is 6.09 Å². The van der Waals surface area contributed by atoms with Gasteiger partial charge < -0.3 is 10.1 Å². The second-order valence-electron chi connectivity index (χ2n) is 7.17. The zero-order chi connectivity index (χ0) is 21.6. The number of nitrogens with one attached hydrogen (secondary N) is 1. The van der Waals surface area contributed by atoms with Crippen LogP contribution in [0.5, 0.6) is 0 Å². The second-order valence-corrected chi connectivity index (χ2v) is 7.17. The van der Waals surface area contributed by atoms with Crippen LogP contribution in [0.2, 0.25) is 0 Å². The minimum Gasteiger partial charge on any atom is -0.449 e. The Labute approximate surface area is 179 Å². The molecule has 5 nitrogen and oxygen atoms in total. The molecule has 0 fully saturated rings. The Morgan fingerprint density at radius 1 is 1.06 bits per heavy atom. The number of aromatic nitrogens is 1. The third-order valence-corrected chi connectivity index (χ3v) is 5.31. The van der Waals surface area contributed by atoms with Crippen LogP contribution in [0.15, 0.2) is 66.9 Å². The maximum absolute atomic E-state index is 13.5. The molecule has 1 amide bonds. The van der Waals surface area contributed by atoms with Gasteiger partial charge in [0.1, 0.15) is 6.61 Å². The number of hydrogen-bond acceptors (Lipinski definition) is 4. The average Bonchev–Trinajstić information content (AvgIpc) is 3.11. The Kier molecular flexibility index (Phi) is 6.17. The lowest BCUT2D eigenvalue weighted by Crippen LogP contribution is -2.26. The van der Waals surface area contributed by atoms with Crippen LogP contribution < -0.4 is 5.32 Å². The van der Waals surface area contributed by atoms with Crippen LogP contribution in [0.4, 0.5) is 9.18 Å². The highest BCUT2D eigenvalue weighted by Crippen LogP contribution is 2.44. The number of aldehydes is 1. The Balaban J connectivity index is 1.29. The summed E-state index contributed by atoms with van der Waals surface area (Å²) >= 11 is 0. The number of carbonyl (C=O) groups is 2. The molecular weight excluding hydrogens is 395 g/mol. The minimum absolute atomic E-state index is 0.0152. The van der Waals surface area contributed by atoms with Crippen molar-refractivity contribution in [1.29, 1.82) is 0 Å². The van der Waals surface area contributed by atoms with Crippen LogP contribution in [0, 0.1) is 5.95 Å². The van der Waals surface area contributed by atoms with Crippen LogP contribution in [0.25, 0.3) is 17.2 Å². The third-order valence-electron chi connectivity index (χ3n) is 5.31. The van der Waals surface area contributed by atoms with Gasteiger partial charge in [-0.25, -0.2) is 9.78 Å². The molecule has 0 spiro atoms. The van der Waals surface area contributed by atoms with Gasteiger partial charge in [-0.1, -0.05) is 60.7 Å². The zero-order valence-corrected chi connectivity index (χ0v) is 16.8. The first-order chi connectivity index (χ1) is 15.2. The van der Waals surface area contributed by atoms with Crippen LogP contribution in [-0.2, 0) is 4.74 Å². The molecule has 0 aliphatic heterocycles. The van der Waals surface area contributed by atoms with Crippen molar-refractivity contribution in [1.82, 2.24) is 10.3 Å². The monoisotopic (exact) mass is 416 g/mol. The molecule has 0 atom stereocenters. The van der Waals surface area contributed by atoms with Crippen molar-refractivity contribution in [3.63, 3.8) is 0 Å². The van der Waals surface area contributed by atoms with E-state index in [1.807, 2.05) is 24.3 Å². The van der Waals surface area contributed by atoms with E-state index < -0.39 is 12.0 Å². The standard InChI is InChI=1S/C25H21FN2O3/c26-24-22(15-29)17(12-14-27-24)7-5-6-13-28-25(30)31-16-23-20-10-3-1-8-18(20)19-9-2-4-11-21(19)23/h1-5,7-12,14-15,23H,6,13,16H2,(H,28,30). The van der Waals surface area contributed by atoms with Gasteiger partial charge in [-0.2, -0.15) is 4.39 Å². The number of ether oxygens (including phenoxy) is 1. The molecule has 0 unspecified atom stereocenters. The Bertz CT molecular complexity index is 1100. The molecule has 1 heterocycles. The topological polar surface area (TPSA) is 68.3 Å². The summed E-state index contributed by atoms with van der Waals surface area (Å²) in [5, 5.41) is 2.71. The molecule has 0 bridgehead atoms. The quantitative estimate of drug-likeness (QED) is 0.335. The first kappa shape index (κ1) is 20.5. The van der Waals surface area contributed by atoms with E-state index in [9.17, 15) is 14.0 Å². The molecule has 31 heavy (non-hydrogen) atoms. The van der Waals surface area contributed by atoms with Gasteiger partial charge in [0.2, 0.25) is 5.95 Å². The predicted octanol–water partition coefficient (Wildman–Crippen LogP) is 4.98. The van der Waals surface area contributed by atoms with Crippen LogP contribution in [0.3, 0.4) is 0 Å². The molecule has 6 heteroatoms. The lowest BCUT2D eigenvalue weighted by atomic mass is 9.98. The lowest BCUT2D eigenvalue weighted by molar-refractivity contribution is 0.111. The number of benzene rings is 2. The summed E-state index contributed by atoms with van der Waals surface area (Å²) in [6.45, 7) is 0.617. The van der Waals surface area contributed by atoms with Crippen molar-refractivity contribution < 1.29 is 18.7 Å². The smallest absolute Gasteiger partial charge is 0.407 e. The summed E-state index contributed by atoms with van der Waals surface area (Å²) in [4.78, 5) is 26.6. The molecule has 2 aromatic carbocycles. The highest BCUT2D eigenvalue weighted by molar-refractivity contribution is 5.81. The zero-order valence-electron chi connectivity index (χ0n) is 16.8. The Hall–Kier alpha value is -3.80. The second kappa shape index (κ2) is 9.34. The third kappa shape index (κ3) is 4.38. The lowest BCUT2D eigenvalue weighted by Gasteiger charge is -2.14. The highest BCUT2D eigenvalue weighted by Gasteiger charge is 2.28. The molecule has 1 aliphatic carbocycles. The van der Waals surface area contributed by atoms with E-state index in [1.165, 1.54) is 17.3 Å². The van der Waals surface area contributed by atoms with Crippen molar-refractivity contribution in [3.05, 3.63) is 95.1 Å². The van der Waals surface area contributed by atoms with Crippen molar-refractivity contribution in [3.8, 4) is 11.1 Å². The van der Waals surface area contributed by atoms with Crippen molar-refractivity contribution in [2.45, 2.75) is 12.3 Å². The number of hydrogen-bond donors (Lipinski definition) is 1. The molecule has 1 aliphatic rings. The van der Waals surface area contributed by atoms with Gasteiger partial charge in [-0.15, -0.1) is 0 Å². The van der Waals surface area contributed by atoms with Gasteiger partial charge in [0.25, 0.3) is 0 Å². The van der Waals surface area contributed by atoms with E-state index in [1.54, 1.807) is 18.2 Å². The Morgan fingerprint density at radius 3 is 2.42 bits per heavy atom. The van der Waals surface area contributed by atoms with E-state index in [2.05, 4.69) is 34.6 Å². The number of amides is 1. The highest BCUT2D eigenvalue weighted by atomic mass is 19.1. The van der Waals surface area contributed by atoms with Crippen LogP contribution >= 0.6 is 0 Å². The van der Waals surface area contributed by atoms with E-state index in [-0.39, 0.29) is 18.1 Å². The molecule has 3 aromatic rings. The first-order valence-corrected chi connectivity index (χ1v) is 10.0. The molecule has 0 saturated carbocycles. The van der Waals surface area contributed by atoms with E-state index in [4.69, 9.17) is 4.74 Å². The molecule has 1 N–H and O–H groups in total. The number of fused-ring (bicyclic) bond motifs is 3. The SMILES string of the molecule is O=Cc1c(C=CCCNC(=O)OCC2c3ccccc3-c3ccccc32)ccnc1F. The molecular formula is C25H21FN2O3. The number of carbonyl (C=O) groups excluding carboxylic acids is 2. The van der Waals surface area contributed by atoms with Crippen molar-refractivity contribution in [2.75, 3.05) is 13.2 Å². The fourth-order valence-corrected chi connectivity index (χ4v) is 3.84. The van der Waals surface area contributed by atoms with Crippen molar-refractivity contribution in [2.24, 2.45) is 0 Å². The van der Waals surface area contributed by atoms with E-state index >= 15 is 0 Å². The fraction of sp³-hybridized carbons (Fsp3) is 0.160. The summed E-state index contributed by atoms with van der Waals surface area (Å²) in [6.07, 6.45) is 5.15. The van der Waals surface area contributed by atoms with E-state index in [0.717, 1.165) is 11.1 Å². The molecule has 156 valence electrons. The minimum atomic E-state index is -0.797. The predicted molar refractivity (Wildman–Crippen MR) is 116 cm³/mol. The van der Waals surface area contributed by atoms with E-state index in [0.29, 0.717) is 24.8 Å². The largest absolute Gasteiger partial charge is 0.449 e. The number of nitrogens with zero attached hydrogens (tertiary/aromatic N) is 1. The van der Waals surface area contributed by atoms with Crippen LogP contribution in [0.1, 0.15) is 39.4 Å². The number of alkyl carbamates (subject to hydrolysis) is 1. The molecule has 0 saturated heterocycles. The fourth-order valence-electron chi connectivity index (χ4n) is 3.84. The summed E-state index contributed by atoms with van der Waals surface area (Å²) in [5.74, 6) is -0.782. The average molecular weight is 416 g/mol.